The number of aromatic amines is 1. The van der Waals surface area contributed by atoms with E-state index in [4.69, 9.17) is 10.8 Å². The molecule has 1 aliphatic carbocycles. The molecule has 0 radical (unpaired) electrons. The highest BCUT2D eigenvalue weighted by Gasteiger charge is 2.30. The molecule has 1 saturated carbocycles. The summed E-state index contributed by atoms with van der Waals surface area (Å²) in [5.74, 6) is 0.501. The predicted molar refractivity (Wildman–Crippen MR) is 72.8 cm³/mol. The minimum absolute atomic E-state index is 0.144. The average molecular weight is 266 g/mol. The predicted octanol–water partition coefficient (Wildman–Crippen LogP) is 1.01. The Morgan fingerprint density at radius 1 is 1.63 bits per heavy atom. The zero-order valence-electron chi connectivity index (χ0n) is 11.3. The van der Waals surface area contributed by atoms with Crippen LogP contribution in [0, 0.1) is 5.92 Å². The molecule has 1 heterocycles. The molecule has 0 saturated heterocycles. The number of aliphatic hydroxyl groups is 1. The molecule has 1 aromatic rings. The van der Waals surface area contributed by atoms with Gasteiger partial charge in [0.15, 0.2) is 5.69 Å². The van der Waals surface area contributed by atoms with Crippen LogP contribution < -0.4 is 11.1 Å². The maximum atomic E-state index is 12.0. The maximum Gasteiger partial charge on any atom is 0.273 e. The van der Waals surface area contributed by atoms with Gasteiger partial charge in [-0.15, -0.1) is 0 Å². The van der Waals surface area contributed by atoms with Crippen molar-refractivity contribution in [2.45, 2.75) is 38.5 Å². The van der Waals surface area contributed by atoms with E-state index < -0.39 is 0 Å². The molecule has 106 valence electrons. The largest absolute Gasteiger partial charge is 0.396 e. The Hall–Kier alpha value is -1.56. The molecular formula is C13H22N4O2. The van der Waals surface area contributed by atoms with Gasteiger partial charge < -0.3 is 16.2 Å². The fourth-order valence-corrected chi connectivity index (χ4v) is 2.17. The second-order valence-electron chi connectivity index (χ2n) is 5.17. The summed E-state index contributed by atoms with van der Waals surface area (Å²) in [6, 6.07) is 0. The number of carbonyl (C=O) groups excluding carboxylic acids is 1. The van der Waals surface area contributed by atoms with E-state index in [1.165, 1.54) is 0 Å². The van der Waals surface area contributed by atoms with Gasteiger partial charge in [-0.3, -0.25) is 9.89 Å². The highest BCUT2D eigenvalue weighted by Crippen LogP contribution is 2.42. The van der Waals surface area contributed by atoms with Gasteiger partial charge in [0, 0.05) is 19.1 Å². The Labute approximate surface area is 112 Å². The number of nitrogens with one attached hydrogen (secondary N) is 2. The van der Waals surface area contributed by atoms with Crippen molar-refractivity contribution < 1.29 is 9.90 Å². The van der Waals surface area contributed by atoms with Gasteiger partial charge >= 0.3 is 0 Å². The van der Waals surface area contributed by atoms with Crippen molar-refractivity contribution >= 4 is 11.6 Å². The Morgan fingerprint density at radius 2 is 2.37 bits per heavy atom. The molecule has 1 aliphatic rings. The zero-order chi connectivity index (χ0) is 13.8. The summed E-state index contributed by atoms with van der Waals surface area (Å²) < 4.78 is 0. The van der Waals surface area contributed by atoms with E-state index >= 15 is 0 Å². The monoisotopic (exact) mass is 266 g/mol. The lowest BCUT2D eigenvalue weighted by molar-refractivity contribution is 0.0939. The summed E-state index contributed by atoms with van der Waals surface area (Å²) in [5, 5.41) is 18.6. The molecule has 6 heteroatoms. The Balaban J connectivity index is 1.92. The van der Waals surface area contributed by atoms with Gasteiger partial charge in [0.25, 0.3) is 5.91 Å². The van der Waals surface area contributed by atoms with Crippen LogP contribution in [0.3, 0.4) is 0 Å². The van der Waals surface area contributed by atoms with Crippen LogP contribution in [0.2, 0.25) is 0 Å². The van der Waals surface area contributed by atoms with Crippen molar-refractivity contribution in [1.82, 2.24) is 15.5 Å². The first-order valence-corrected chi connectivity index (χ1v) is 6.90. The van der Waals surface area contributed by atoms with E-state index in [0.717, 1.165) is 25.0 Å². The van der Waals surface area contributed by atoms with E-state index in [1.807, 2.05) is 6.92 Å². The molecule has 0 aliphatic heterocycles. The van der Waals surface area contributed by atoms with Crippen molar-refractivity contribution in [1.29, 1.82) is 0 Å². The molecule has 0 spiro atoms. The van der Waals surface area contributed by atoms with Gasteiger partial charge in [-0.1, -0.05) is 13.3 Å². The van der Waals surface area contributed by atoms with Gasteiger partial charge in [0.2, 0.25) is 0 Å². The van der Waals surface area contributed by atoms with Crippen LogP contribution in [-0.4, -0.2) is 34.4 Å². The average Bonchev–Trinajstić information content (AvgIpc) is 3.17. The number of rotatable bonds is 7. The number of hydrogen-bond donors (Lipinski definition) is 4. The lowest BCUT2D eigenvalue weighted by atomic mass is 10.0. The molecular weight excluding hydrogens is 244 g/mol. The minimum Gasteiger partial charge on any atom is -0.396 e. The highest BCUT2D eigenvalue weighted by atomic mass is 16.3. The lowest BCUT2D eigenvalue weighted by Crippen LogP contribution is -2.30. The summed E-state index contributed by atoms with van der Waals surface area (Å²) >= 11 is 0. The normalized spacial score (nSPS) is 16.3. The van der Waals surface area contributed by atoms with Gasteiger partial charge in [0.1, 0.15) is 0 Å². The topological polar surface area (TPSA) is 104 Å². The van der Waals surface area contributed by atoms with Crippen molar-refractivity contribution in [3.05, 3.63) is 11.4 Å². The number of nitrogens with two attached hydrogens (primary N) is 1. The first-order valence-electron chi connectivity index (χ1n) is 6.90. The molecule has 0 bridgehead atoms. The third-order valence-corrected chi connectivity index (χ3v) is 3.70. The summed E-state index contributed by atoms with van der Waals surface area (Å²) in [5.41, 5.74) is 7.62. The van der Waals surface area contributed by atoms with E-state index in [2.05, 4.69) is 15.5 Å². The van der Waals surface area contributed by atoms with Gasteiger partial charge in [-0.2, -0.15) is 5.10 Å². The van der Waals surface area contributed by atoms with Gasteiger partial charge in [0.05, 0.1) is 11.4 Å². The molecule has 1 fully saturated rings. The van der Waals surface area contributed by atoms with Crippen LogP contribution in [0.1, 0.15) is 54.7 Å². The number of aliphatic hydroxyl groups excluding tert-OH is 1. The van der Waals surface area contributed by atoms with Crippen molar-refractivity contribution in [2.75, 3.05) is 18.9 Å². The standard InChI is InChI=1S/C13H22N4O2/c1-2-8(5-6-18)7-15-13(19)12-10(14)11(16-17-12)9-3-4-9/h8-9,18H,2-7,14H2,1H3,(H,15,19)(H,16,17). The van der Waals surface area contributed by atoms with Crippen LogP contribution in [0.25, 0.3) is 0 Å². The van der Waals surface area contributed by atoms with Crippen molar-refractivity contribution in [3.8, 4) is 0 Å². The first-order chi connectivity index (χ1) is 9.17. The SMILES string of the molecule is CCC(CCO)CNC(=O)c1n[nH]c(C2CC2)c1N. The molecule has 1 atom stereocenters. The molecule has 2 rings (SSSR count). The highest BCUT2D eigenvalue weighted by molar-refractivity contribution is 5.97. The van der Waals surface area contributed by atoms with E-state index in [-0.39, 0.29) is 18.4 Å². The number of aromatic nitrogens is 2. The third kappa shape index (κ3) is 3.26. The molecule has 6 nitrogen and oxygen atoms in total. The number of carbonyl (C=O) groups is 1. The first kappa shape index (κ1) is 13.9. The number of H-pyrrole nitrogens is 1. The fourth-order valence-electron chi connectivity index (χ4n) is 2.17. The lowest BCUT2D eigenvalue weighted by Gasteiger charge is -2.13. The molecule has 1 amide bonds. The summed E-state index contributed by atoms with van der Waals surface area (Å²) in [4.78, 5) is 12.0. The Kier molecular flexibility index (Phi) is 4.42. The van der Waals surface area contributed by atoms with Gasteiger partial charge in [-0.25, -0.2) is 0 Å². The smallest absolute Gasteiger partial charge is 0.273 e. The van der Waals surface area contributed by atoms with Crippen LogP contribution in [0.4, 0.5) is 5.69 Å². The van der Waals surface area contributed by atoms with E-state index in [9.17, 15) is 4.79 Å². The second kappa shape index (κ2) is 6.06. The fraction of sp³-hybridized carbons (Fsp3) is 0.692. The minimum atomic E-state index is -0.239. The van der Waals surface area contributed by atoms with Crippen molar-refractivity contribution in [3.63, 3.8) is 0 Å². The van der Waals surface area contributed by atoms with Crippen LogP contribution in [0.15, 0.2) is 0 Å². The quantitative estimate of drug-likeness (QED) is 0.591. The molecule has 5 N–H and O–H groups in total. The summed E-state index contributed by atoms with van der Waals surface area (Å²) in [6.45, 7) is 2.73. The number of nitrogens with zero attached hydrogens (tertiary/aromatic N) is 1. The van der Waals surface area contributed by atoms with Crippen LogP contribution in [-0.2, 0) is 0 Å². The van der Waals surface area contributed by atoms with E-state index in [0.29, 0.717) is 30.3 Å². The van der Waals surface area contributed by atoms with Gasteiger partial charge in [-0.05, 0) is 25.2 Å². The van der Waals surface area contributed by atoms with Crippen LogP contribution in [0.5, 0.6) is 0 Å². The Morgan fingerprint density at radius 3 is 2.95 bits per heavy atom. The molecule has 0 aromatic carbocycles. The Bertz CT molecular complexity index is 440. The molecule has 1 unspecified atom stereocenters. The van der Waals surface area contributed by atoms with E-state index in [1.54, 1.807) is 0 Å². The third-order valence-electron chi connectivity index (χ3n) is 3.70. The zero-order valence-corrected chi connectivity index (χ0v) is 11.3. The maximum absolute atomic E-state index is 12.0. The molecule has 19 heavy (non-hydrogen) atoms. The van der Waals surface area contributed by atoms with Crippen LogP contribution >= 0.6 is 0 Å². The number of hydrogen-bond acceptors (Lipinski definition) is 4. The summed E-state index contributed by atoms with van der Waals surface area (Å²) in [7, 11) is 0. The number of amides is 1. The summed E-state index contributed by atoms with van der Waals surface area (Å²) in [6.07, 6.45) is 3.84. The number of anilines is 1. The molecule has 1 aromatic heterocycles. The second-order valence-corrected chi connectivity index (χ2v) is 5.17. The van der Waals surface area contributed by atoms with Crippen molar-refractivity contribution in [2.24, 2.45) is 5.92 Å². The number of nitrogen functional groups attached to an aromatic ring is 1.